The molecule has 2 nitrogen and oxygen atoms in total. The maximum absolute atomic E-state index is 9.66. The smallest absolute Gasteiger partial charge is 0.123 e. The van der Waals surface area contributed by atoms with Gasteiger partial charge >= 0.3 is 0 Å². The second-order valence-corrected chi connectivity index (χ2v) is 3.58. The Bertz CT molecular complexity index is 463. The maximum atomic E-state index is 9.66. The van der Waals surface area contributed by atoms with Crippen LogP contribution < -0.4 is 4.90 Å². The first-order valence-electron chi connectivity index (χ1n) is 4.57. The zero-order valence-corrected chi connectivity index (χ0v) is 8.36. The fourth-order valence-electron chi connectivity index (χ4n) is 1.52. The average molecular weight is 187 g/mol. The summed E-state index contributed by atoms with van der Waals surface area (Å²) in [5.41, 5.74) is 1.10. The Morgan fingerprint density at radius 1 is 1.07 bits per heavy atom. The highest BCUT2D eigenvalue weighted by atomic mass is 16.3. The van der Waals surface area contributed by atoms with Gasteiger partial charge in [0.15, 0.2) is 0 Å². The van der Waals surface area contributed by atoms with Crippen LogP contribution in [0.1, 0.15) is 0 Å². The molecule has 0 bridgehead atoms. The van der Waals surface area contributed by atoms with Gasteiger partial charge in [0, 0.05) is 25.2 Å². The van der Waals surface area contributed by atoms with Gasteiger partial charge in [0.25, 0.3) is 0 Å². The number of aromatic hydroxyl groups is 1. The number of phenolic OH excluding ortho intramolecular Hbond substituents is 1. The summed E-state index contributed by atoms with van der Waals surface area (Å²) in [6.45, 7) is 0. The number of fused-ring (bicyclic) bond motifs is 1. The number of nitrogens with zero attached hydrogens (tertiary/aromatic N) is 1. The summed E-state index contributed by atoms with van der Waals surface area (Å²) in [4.78, 5) is 2.02. The van der Waals surface area contributed by atoms with Gasteiger partial charge in [0.2, 0.25) is 0 Å². The predicted octanol–water partition coefficient (Wildman–Crippen LogP) is 2.61. The highest BCUT2D eigenvalue weighted by Gasteiger charge is 2.01. The van der Waals surface area contributed by atoms with E-state index < -0.39 is 0 Å². The van der Waals surface area contributed by atoms with Crippen LogP contribution >= 0.6 is 0 Å². The van der Waals surface area contributed by atoms with Gasteiger partial charge in [-0.15, -0.1) is 0 Å². The Morgan fingerprint density at radius 2 is 1.86 bits per heavy atom. The lowest BCUT2D eigenvalue weighted by Gasteiger charge is -2.13. The molecule has 0 radical (unpaired) electrons. The predicted molar refractivity (Wildman–Crippen MR) is 59.9 cm³/mol. The van der Waals surface area contributed by atoms with Crippen LogP contribution in [0.3, 0.4) is 0 Å². The lowest BCUT2D eigenvalue weighted by molar-refractivity contribution is 0.481. The zero-order valence-electron chi connectivity index (χ0n) is 8.36. The van der Waals surface area contributed by atoms with Crippen LogP contribution in [-0.4, -0.2) is 19.2 Å². The largest absolute Gasteiger partial charge is 0.507 e. The van der Waals surface area contributed by atoms with Gasteiger partial charge < -0.3 is 10.0 Å². The molecule has 0 aromatic heterocycles. The molecular weight excluding hydrogens is 174 g/mol. The molecule has 14 heavy (non-hydrogen) atoms. The lowest BCUT2D eigenvalue weighted by atomic mass is 10.1. The molecule has 2 aromatic rings. The van der Waals surface area contributed by atoms with Crippen molar-refractivity contribution in [3.05, 3.63) is 36.4 Å². The van der Waals surface area contributed by atoms with Crippen molar-refractivity contribution in [2.75, 3.05) is 19.0 Å². The number of benzene rings is 2. The third kappa shape index (κ3) is 1.39. The minimum absolute atomic E-state index is 0.339. The number of phenols is 1. The summed E-state index contributed by atoms with van der Waals surface area (Å²) in [6, 6.07) is 11.6. The lowest BCUT2D eigenvalue weighted by Crippen LogP contribution is -2.07. The van der Waals surface area contributed by atoms with Gasteiger partial charge in [-0.2, -0.15) is 0 Å². The van der Waals surface area contributed by atoms with Gasteiger partial charge in [0.05, 0.1) is 0 Å². The Labute approximate surface area is 83.4 Å². The summed E-state index contributed by atoms with van der Waals surface area (Å²) >= 11 is 0. The fraction of sp³-hybridized carbons (Fsp3) is 0.167. The van der Waals surface area contributed by atoms with E-state index in [9.17, 15) is 5.11 Å². The van der Waals surface area contributed by atoms with Gasteiger partial charge in [-0.05, 0) is 23.6 Å². The third-order valence-corrected chi connectivity index (χ3v) is 2.36. The van der Waals surface area contributed by atoms with Crippen LogP contribution in [0, 0.1) is 0 Å². The quantitative estimate of drug-likeness (QED) is 0.741. The van der Waals surface area contributed by atoms with E-state index in [0.717, 1.165) is 16.5 Å². The molecule has 0 heterocycles. The van der Waals surface area contributed by atoms with Crippen molar-refractivity contribution in [2.24, 2.45) is 0 Å². The Hall–Kier alpha value is -1.70. The Kier molecular flexibility index (Phi) is 2.04. The van der Waals surface area contributed by atoms with Crippen LogP contribution in [0.25, 0.3) is 10.8 Å². The molecule has 0 aliphatic carbocycles. The topological polar surface area (TPSA) is 23.5 Å². The molecule has 0 saturated carbocycles. The average Bonchev–Trinajstić information content (AvgIpc) is 2.18. The Balaban J connectivity index is 2.70. The van der Waals surface area contributed by atoms with Crippen molar-refractivity contribution in [2.45, 2.75) is 0 Å². The second kappa shape index (κ2) is 3.22. The van der Waals surface area contributed by atoms with Gasteiger partial charge in [-0.25, -0.2) is 0 Å². The standard InChI is InChI=1S/C12H13NO/c1-13(2)10-7-6-9-4-3-5-12(14)11(9)8-10/h3-8,14H,1-2H3. The van der Waals surface area contributed by atoms with E-state index in [4.69, 9.17) is 0 Å². The number of hydrogen-bond donors (Lipinski definition) is 1. The molecule has 0 saturated heterocycles. The van der Waals surface area contributed by atoms with Crippen LogP contribution in [0.2, 0.25) is 0 Å². The summed E-state index contributed by atoms with van der Waals surface area (Å²) in [5.74, 6) is 0.339. The van der Waals surface area contributed by atoms with Crippen molar-refractivity contribution in [3.63, 3.8) is 0 Å². The molecule has 2 aromatic carbocycles. The molecular formula is C12H13NO. The second-order valence-electron chi connectivity index (χ2n) is 3.58. The molecule has 0 amide bonds. The molecule has 1 N–H and O–H groups in total. The number of hydrogen-bond acceptors (Lipinski definition) is 2. The molecule has 0 unspecified atom stereocenters. The summed E-state index contributed by atoms with van der Waals surface area (Å²) in [5, 5.41) is 11.6. The molecule has 0 aliphatic heterocycles. The van der Waals surface area contributed by atoms with Crippen molar-refractivity contribution < 1.29 is 5.11 Å². The van der Waals surface area contributed by atoms with Gasteiger partial charge in [-0.3, -0.25) is 0 Å². The van der Waals surface area contributed by atoms with E-state index in [1.54, 1.807) is 6.07 Å². The summed E-state index contributed by atoms with van der Waals surface area (Å²) < 4.78 is 0. The van der Waals surface area contributed by atoms with Crippen molar-refractivity contribution in [1.29, 1.82) is 0 Å². The minimum Gasteiger partial charge on any atom is -0.507 e. The molecule has 2 heteroatoms. The SMILES string of the molecule is CN(C)c1ccc2cccc(O)c2c1. The number of anilines is 1. The monoisotopic (exact) mass is 187 g/mol. The number of rotatable bonds is 1. The summed E-state index contributed by atoms with van der Waals surface area (Å²) in [7, 11) is 3.97. The molecule has 0 atom stereocenters. The van der Waals surface area contributed by atoms with E-state index in [-0.39, 0.29) is 0 Å². The highest BCUT2D eigenvalue weighted by molar-refractivity contribution is 5.90. The van der Waals surface area contributed by atoms with Gasteiger partial charge in [-0.1, -0.05) is 18.2 Å². The fourth-order valence-corrected chi connectivity index (χ4v) is 1.52. The summed E-state index contributed by atoms with van der Waals surface area (Å²) in [6.07, 6.45) is 0. The first kappa shape index (κ1) is 8.88. The van der Waals surface area contributed by atoms with Crippen molar-refractivity contribution in [1.82, 2.24) is 0 Å². The van der Waals surface area contributed by atoms with E-state index in [2.05, 4.69) is 0 Å². The van der Waals surface area contributed by atoms with Crippen LogP contribution in [0.15, 0.2) is 36.4 Å². The first-order chi connectivity index (χ1) is 6.68. The normalized spacial score (nSPS) is 10.4. The first-order valence-corrected chi connectivity index (χ1v) is 4.57. The van der Waals surface area contributed by atoms with E-state index >= 15 is 0 Å². The van der Waals surface area contributed by atoms with E-state index in [0.29, 0.717) is 5.75 Å². The molecule has 0 fully saturated rings. The van der Waals surface area contributed by atoms with E-state index in [1.807, 2.05) is 49.3 Å². The van der Waals surface area contributed by atoms with E-state index in [1.165, 1.54) is 0 Å². The van der Waals surface area contributed by atoms with Crippen LogP contribution in [-0.2, 0) is 0 Å². The molecule has 72 valence electrons. The maximum Gasteiger partial charge on any atom is 0.123 e. The Morgan fingerprint density at radius 3 is 2.57 bits per heavy atom. The highest BCUT2D eigenvalue weighted by Crippen LogP contribution is 2.27. The van der Waals surface area contributed by atoms with Crippen molar-refractivity contribution >= 4 is 16.5 Å². The van der Waals surface area contributed by atoms with Gasteiger partial charge in [0.1, 0.15) is 5.75 Å². The molecule has 0 aliphatic rings. The minimum atomic E-state index is 0.339. The van der Waals surface area contributed by atoms with Crippen LogP contribution in [0.5, 0.6) is 5.75 Å². The van der Waals surface area contributed by atoms with Crippen LogP contribution in [0.4, 0.5) is 5.69 Å². The molecule has 0 spiro atoms. The zero-order chi connectivity index (χ0) is 10.1. The third-order valence-electron chi connectivity index (χ3n) is 2.36. The molecule has 2 rings (SSSR count). The van der Waals surface area contributed by atoms with Crippen molar-refractivity contribution in [3.8, 4) is 5.75 Å².